The fraction of sp³-hybridized carbons (Fsp3) is 0.188. The third-order valence-electron chi connectivity index (χ3n) is 3.26. The zero-order valence-corrected chi connectivity index (χ0v) is 15.5. The number of amides is 1. The van der Waals surface area contributed by atoms with Gasteiger partial charge in [-0.1, -0.05) is 4.49 Å². The molecular weight excluding hydrogens is 376 g/mol. The third kappa shape index (κ3) is 3.86. The average molecular weight is 390 g/mol. The maximum Gasteiger partial charge on any atom is 0.362 e. The van der Waals surface area contributed by atoms with Gasteiger partial charge in [-0.3, -0.25) is 4.79 Å². The number of anilines is 1. The van der Waals surface area contributed by atoms with Crippen LogP contribution in [0.15, 0.2) is 29.6 Å². The molecule has 1 amide bonds. The van der Waals surface area contributed by atoms with Gasteiger partial charge in [0.1, 0.15) is 16.5 Å². The van der Waals surface area contributed by atoms with Gasteiger partial charge in [0, 0.05) is 22.5 Å². The Morgan fingerprint density at radius 1 is 1.23 bits per heavy atom. The first kappa shape index (κ1) is 18.0. The Labute approximate surface area is 157 Å². The Balaban J connectivity index is 1.74. The molecule has 26 heavy (non-hydrogen) atoms. The number of nitrogens with zero attached hydrogens (tertiary/aromatic N) is 3. The zero-order valence-electron chi connectivity index (χ0n) is 13.9. The summed E-state index contributed by atoms with van der Waals surface area (Å²) in [6, 6.07) is 7.38. The van der Waals surface area contributed by atoms with Gasteiger partial charge in [-0.05, 0) is 31.2 Å². The monoisotopic (exact) mass is 390 g/mol. The van der Waals surface area contributed by atoms with Gasteiger partial charge in [0.15, 0.2) is 5.00 Å². The second kappa shape index (κ2) is 8.02. The number of methoxy groups -OCH3 is 1. The number of thiazole rings is 1. The van der Waals surface area contributed by atoms with Crippen LogP contribution < -0.4 is 10.1 Å². The fourth-order valence-corrected chi connectivity index (χ4v) is 3.38. The number of aromatic nitrogens is 3. The van der Waals surface area contributed by atoms with E-state index in [4.69, 9.17) is 9.47 Å². The van der Waals surface area contributed by atoms with Crippen LogP contribution in [0.4, 0.5) is 5.00 Å². The number of nitrogens with one attached hydrogen (secondary N) is 1. The van der Waals surface area contributed by atoms with Gasteiger partial charge in [-0.15, -0.1) is 16.4 Å². The largest absolute Gasteiger partial charge is 0.497 e. The number of rotatable bonds is 6. The molecule has 1 aromatic carbocycles. The minimum atomic E-state index is -0.631. The van der Waals surface area contributed by atoms with Crippen molar-refractivity contribution in [3.63, 3.8) is 0 Å². The second-order valence-electron chi connectivity index (χ2n) is 4.89. The van der Waals surface area contributed by atoms with Crippen molar-refractivity contribution in [3.8, 4) is 16.3 Å². The van der Waals surface area contributed by atoms with E-state index in [0.717, 1.165) is 22.8 Å². The minimum absolute atomic E-state index is 0.0178. The summed E-state index contributed by atoms with van der Waals surface area (Å²) in [5, 5.41) is 8.88. The molecule has 3 rings (SSSR count). The molecule has 0 saturated carbocycles. The van der Waals surface area contributed by atoms with Crippen molar-refractivity contribution in [1.82, 2.24) is 14.6 Å². The number of hydrogen-bond donors (Lipinski definition) is 1. The molecule has 0 aliphatic rings. The Bertz CT molecular complexity index is 920. The van der Waals surface area contributed by atoms with E-state index in [1.807, 2.05) is 24.3 Å². The first-order valence-electron chi connectivity index (χ1n) is 7.53. The summed E-state index contributed by atoms with van der Waals surface area (Å²) in [6.45, 7) is 1.90. The van der Waals surface area contributed by atoms with Crippen LogP contribution in [0.25, 0.3) is 10.6 Å². The highest BCUT2D eigenvalue weighted by Crippen LogP contribution is 2.26. The molecular formula is C16H14N4O4S2. The summed E-state index contributed by atoms with van der Waals surface area (Å²) in [6.07, 6.45) is 0. The van der Waals surface area contributed by atoms with Crippen molar-refractivity contribution in [2.24, 2.45) is 0 Å². The van der Waals surface area contributed by atoms with Crippen molar-refractivity contribution in [1.29, 1.82) is 0 Å². The molecule has 0 fully saturated rings. The molecule has 0 saturated heterocycles. The lowest BCUT2D eigenvalue weighted by Gasteiger charge is -2.02. The van der Waals surface area contributed by atoms with E-state index in [1.54, 1.807) is 19.4 Å². The molecule has 0 aliphatic heterocycles. The van der Waals surface area contributed by atoms with E-state index in [2.05, 4.69) is 19.9 Å². The molecule has 0 aliphatic carbocycles. The Hall–Kier alpha value is -2.85. The highest BCUT2D eigenvalue weighted by Gasteiger charge is 2.21. The third-order valence-corrected chi connectivity index (χ3v) is 4.79. The number of ether oxygens (including phenoxy) is 2. The summed E-state index contributed by atoms with van der Waals surface area (Å²) in [7, 11) is 1.60. The quantitative estimate of drug-likeness (QED) is 0.645. The zero-order chi connectivity index (χ0) is 18.5. The first-order valence-corrected chi connectivity index (χ1v) is 9.18. The van der Waals surface area contributed by atoms with Gasteiger partial charge in [0.25, 0.3) is 5.91 Å². The maximum absolute atomic E-state index is 12.4. The lowest BCUT2D eigenvalue weighted by Crippen LogP contribution is -2.15. The van der Waals surface area contributed by atoms with Crippen molar-refractivity contribution >= 4 is 39.7 Å². The summed E-state index contributed by atoms with van der Waals surface area (Å²) >= 11 is 2.25. The first-order chi connectivity index (χ1) is 12.6. The minimum Gasteiger partial charge on any atom is -0.497 e. The molecule has 0 unspecified atom stereocenters. The highest BCUT2D eigenvalue weighted by atomic mass is 32.1. The number of esters is 1. The molecule has 0 atom stereocenters. The molecule has 0 radical (unpaired) electrons. The van der Waals surface area contributed by atoms with Gasteiger partial charge in [-0.2, -0.15) is 0 Å². The lowest BCUT2D eigenvalue weighted by atomic mass is 10.2. The fourth-order valence-electron chi connectivity index (χ4n) is 2.02. The van der Waals surface area contributed by atoms with Crippen LogP contribution in [-0.2, 0) is 4.74 Å². The van der Waals surface area contributed by atoms with E-state index >= 15 is 0 Å². The number of benzene rings is 1. The van der Waals surface area contributed by atoms with E-state index < -0.39 is 11.9 Å². The summed E-state index contributed by atoms with van der Waals surface area (Å²) in [4.78, 5) is 28.5. The predicted molar refractivity (Wildman–Crippen MR) is 97.9 cm³/mol. The molecule has 2 aromatic heterocycles. The molecule has 10 heteroatoms. The molecule has 0 bridgehead atoms. The normalized spacial score (nSPS) is 10.4. The van der Waals surface area contributed by atoms with Crippen LogP contribution in [-0.4, -0.2) is 40.2 Å². The molecule has 8 nitrogen and oxygen atoms in total. The lowest BCUT2D eigenvalue weighted by molar-refractivity contribution is 0.0520. The Kier molecular flexibility index (Phi) is 5.54. The van der Waals surface area contributed by atoms with Gasteiger partial charge in [0.2, 0.25) is 5.69 Å². The summed E-state index contributed by atoms with van der Waals surface area (Å²) in [5.41, 5.74) is 1.10. The molecule has 2 heterocycles. The summed E-state index contributed by atoms with van der Waals surface area (Å²) in [5.74, 6) is -0.334. The van der Waals surface area contributed by atoms with Crippen LogP contribution in [0.2, 0.25) is 0 Å². The van der Waals surface area contributed by atoms with E-state index in [-0.39, 0.29) is 23.0 Å². The molecule has 0 spiro atoms. The van der Waals surface area contributed by atoms with Crippen molar-refractivity contribution in [3.05, 3.63) is 41.0 Å². The van der Waals surface area contributed by atoms with Crippen LogP contribution in [0.3, 0.4) is 0 Å². The van der Waals surface area contributed by atoms with Gasteiger partial charge >= 0.3 is 5.97 Å². The molecule has 1 N–H and O–H groups in total. The van der Waals surface area contributed by atoms with Crippen LogP contribution in [0.5, 0.6) is 5.75 Å². The smallest absolute Gasteiger partial charge is 0.362 e. The van der Waals surface area contributed by atoms with Crippen molar-refractivity contribution in [2.75, 3.05) is 19.0 Å². The number of hydrogen-bond acceptors (Lipinski definition) is 9. The predicted octanol–water partition coefficient (Wildman–Crippen LogP) is 3.10. The SMILES string of the molecule is CCOC(=O)c1nnsc1NC(=O)c1csc(-c2ccc(OC)cc2)n1. The second-order valence-corrected chi connectivity index (χ2v) is 6.50. The van der Waals surface area contributed by atoms with Crippen molar-refractivity contribution < 1.29 is 19.1 Å². The number of carbonyl (C=O) groups excluding carboxylic acids is 2. The van der Waals surface area contributed by atoms with Crippen LogP contribution in [0, 0.1) is 0 Å². The van der Waals surface area contributed by atoms with Gasteiger partial charge < -0.3 is 14.8 Å². The molecule has 3 aromatic rings. The van der Waals surface area contributed by atoms with E-state index in [9.17, 15) is 9.59 Å². The Morgan fingerprint density at radius 3 is 2.69 bits per heavy atom. The maximum atomic E-state index is 12.4. The van der Waals surface area contributed by atoms with E-state index in [1.165, 1.54) is 11.3 Å². The molecule has 134 valence electrons. The Morgan fingerprint density at radius 2 is 2.00 bits per heavy atom. The standard InChI is InChI=1S/C16H14N4O4S2/c1-3-24-16(22)12-15(26-20-19-12)18-13(21)11-8-25-14(17-11)9-4-6-10(23-2)7-5-9/h4-8H,3H2,1-2H3,(H,18,21). The number of carbonyl (C=O) groups is 2. The summed E-state index contributed by atoms with van der Waals surface area (Å²) < 4.78 is 13.7. The van der Waals surface area contributed by atoms with Crippen LogP contribution >= 0.6 is 22.9 Å². The van der Waals surface area contributed by atoms with E-state index in [0.29, 0.717) is 5.01 Å². The topological polar surface area (TPSA) is 103 Å². The van der Waals surface area contributed by atoms with Gasteiger partial charge in [0.05, 0.1) is 13.7 Å². The van der Waals surface area contributed by atoms with Gasteiger partial charge in [-0.25, -0.2) is 9.78 Å². The average Bonchev–Trinajstić information content (AvgIpc) is 3.31. The van der Waals surface area contributed by atoms with Crippen molar-refractivity contribution in [2.45, 2.75) is 6.92 Å². The van der Waals surface area contributed by atoms with Crippen LogP contribution in [0.1, 0.15) is 27.9 Å². The highest BCUT2D eigenvalue weighted by molar-refractivity contribution is 7.13.